The molecule has 1 aromatic heterocycles. The van der Waals surface area contributed by atoms with E-state index in [4.69, 9.17) is 4.74 Å². The topological polar surface area (TPSA) is 50.6 Å². The van der Waals surface area contributed by atoms with Crippen molar-refractivity contribution in [2.75, 3.05) is 27.2 Å². The van der Waals surface area contributed by atoms with Gasteiger partial charge in [0.1, 0.15) is 18.1 Å². The summed E-state index contributed by atoms with van der Waals surface area (Å²) in [5, 5.41) is 4.44. The average Bonchev–Trinajstić information content (AvgIpc) is 2.98. The van der Waals surface area contributed by atoms with E-state index in [9.17, 15) is 4.79 Å². The number of amides is 1. The smallest absolute Gasteiger partial charge is 0.275 e. The van der Waals surface area contributed by atoms with Crippen molar-refractivity contribution >= 4 is 5.91 Å². The molecule has 1 aromatic carbocycles. The summed E-state index contributed by atoms with van der Waals surface area (Å²) in [5.41, 5.74) is 1.52. The number of carbonyl (C=O) groups is 1. The van der Waals surface area contributed by atoms with Crippen LogP contribution in [0.25, 0.3) is 0 Å². The van der Waals surface area contributed by atoms with Crippen molar-refractivity contribution in [2.24, 2.45) is 0 Å². The van der Waals surface area contributed by atoms with Crippen molar-refractivity contribution in [3.8, 4) is 5.75 Å². The van der Waals surface area contributed by atoms with Crippen LogP contribution in [0.3, 0.4) is 0 Å². The second kappa shape index (κ2) is 7.05. The van der Waals surface area contributed by atoms with E-state index in [-0.39, 0.29) is 11.9 Å². The number of benzene rings is 1. The summed E-state index contributed by atoms with van der Waals surface area (Å²) in [7, 11) is 4.04. The number of ether oxygens (including phenoxy) is 1. The lowest BCUT2D eigenvalue weighted by Crippen LogP contribution is -2.40. The molecule has 0 radical (unpaired) electrons. The highest BCUT2D eigenvalue weighted by molar-refractivity contribution is 5.92. The van der Waals surface area contributed by atoms with Gasteiger partial charge in [0.05, 0.1) is 19.1 Å². The van der Waals surface area contributed by atoms with Crippen LogP contribution in [0.4, 0.5) is 0 Å². The Morgan fingerprint density at radius 1 is 1.33 bits per heavy atom. The van der Waals surface area contributed by atoms with Gasteiger partial charge in [0.25, 0.3) is 5.91 Å². The largest absolute Gasteiger partial charge is 0.491 e. The molecule has 1 atom stereocenters. The first kappa shape index (κ1) is 16.5. The van der Waals surface area contributed by atoms with Gasteiger partial charge in [-0.3, -0.25) is 9.48 Å². The number of carbonyl (C=O) groups excluding carboxylic acids is 1. The lowest BCUT2D eigenvalue weighted by atomic mass is 10.1. The van der Waals surface area contributed by atoms with E-state index in [0.717, 1.165) is 24.4 Å². The molecule has 0 spiro atoms. The summed E-state index contributed by atoms with van der Waals surface area (Å²) in [5.74, 6) is 0.808. The molecular weight excluding hydrogens is 304 g/mol. The standard InChI is InChI=1S/C18H24N4O2/c1-14-13-24-17-7-5-4-6-15(17)12-22(14)18(23)16-8-9-21(19-16)11-10-20(2)3/h4-9,14H,10-13H2,1-3H3. The number of fused-ring (bicyclic) bond motifs is 1. The van der Waals surface area contributed by atoms with Gasteiger partial charge in [0, 0.05) is 18.3 Å². The minimum absolute atomic E-state index is 0.00294. The van der Waals surface area contributed by atoms with Crippen LogP contribution >= 0.6 is 0 Å². The van der Waals surface area contributed by atoms with Crippen molar-refractivity contribution in [2.45, 2.75) is 26.1 Å². The molecule has 0 aliphatic carbocycles. The fraction of sp³-hybridized carbons (Fsp3) is 0.444. The summed E-state index contributed by atoms with van der Waals surface area (Å²) < 4.78 is 7.64. The van der Waals surface area contributed by atoms with Gasteiger partial charge in [0.15, 0.2) is 0 Å². The Hall–Kier alpha value is -2.34. The number of para-hydroxylation sites is 1. The molecule has 6 heteroatoms. The van der Waals surface area contributed by atoms with Crippen molar-refractivity contribution in [1.29, 1.82) is 0 Å². The molecule has 6 nitrogen and oxygen atoms in total. The zero-order valence-corrected chi connectivity index (χ0v) is 14.5. The van der Waals surface area contributed by atoms with Gasteiger partial charge in [-0.2, -0.15) is 5.10 Å². The fourth-order valence-electron chi connectivity index (χ4n) is 2.74. The van der Waals surface area contributed by atoms with E-state index in [1.165, 1.54) is 0 Å². The molecule has 2 aromatic rings. The Morgan fingerprint density at radius 3 is 2.92 bits per heavy atom. The SMILES string of the molecule is CC1COc2ccccc2CN1C(=O)c1ccn(CCN(C)C)n1. The van der Waals surface area contributed by atoms with Crippen LogP contribution in [0.2, 0.25) is 0 Å². The summed E-state index contributed by atoms with van der Waals surface area (Å²) in [6.45, 7) is 4.69. The Labute approximate surface area is 142 Å². The highest BCUT2D eigenvalue weighted by atomic mass is 16.5. The van der Waals surface area contributed by atoms with E-state index in [1.54, 1.807) is 6.07 Å². The summed E-state index contributed by atoms with van der Waals surface area (Å²) in [4.78, 5) is 16.8. The Bertz CT molecular complexity index is 711. The normalized spacial score (nSPS) is 17.3. The van der Waals surface area contributed by atoms with Crippen LogP contribution in [0.15, 0.2) is 36.5 Å². The Balaban J connectivity index is 1.76. The second-order valence-electron chi connectivity index (χ2n) is 6.47. The van der Waals surface area contributed by atoms with Crippen molar-refractivity contribution in [3.63, 3.8) is 0 Å². The third-order valence-electron chi connectivity index (χ3n) is 4.22. The van der Waals surface area contributed by atoms with Crippen LogP contribution in [0.1, 0.15) is 23.0 Å². The highest BCUT2D eigenvalue weighted by Gasteiger charge is 2.27. The third kappa shape index (κ3) is 3.59. The van der Waals surface area contributed by atoms with Gasteiger partial charge in [-0.25, -0.2) is 0 Å². The summed E-state index contributed by atoms with van der Waals surface area (Å²) in [6.07, 6.45) is 1.86. The quantitative estimate of drug-likeness (QED) is 0.860. The summed E-state index contributed by atoms with van der Waals surface area (Å²) in [6, 6.07) is 9.67. The van der Waals surface area contributed by atoms with E-state index in [1.807, 2.05) is 61.1 Å². The molecule has 1 amide bonds. The maximum Gasteiger partial charge on any atom is 0.275 e. The van der Waals surface area contributed by atoms with E-state index in [2.05, 4.69) is 10.00 Å². The van der Waals surface area contributed by atoms with Gasteiger partial charge in [0.2, 0.25) is 0 Å². The van der Waals surface area contributed by atoms with Gasteiger partial charge in [-0.1, -0.05) is 18.2 Å². The molecule has 24 heavy (non-hydrogen) atoms. The molecule has 0 saturated heterocycles. The zero-order valence-electron chi connectivity index (χ0n) is 14.5. The fourth-order valence-corrected chi connectivity index (χ4v) is 2.74. The number of hydrogen-bond donors (Lipinski definition) is 0. The predicted molar refractivity (Wildman–Crippen MR) is 92.1 cm³/mol. The predicted octanol–water partition coefficient (Wildman–Crippen LogP) is 1.87. The van der Waals surface area contributed by atoms with E-state index < -0.39 is 0 Å². The lowest BCUT2D eigenvalue weighted by molar-refractivity contribution is 0.0638. The molecule has 1 unspecified atom stereocenters. The van der Waals surface area contributed by atoms with Crippen LogP contribution in [-0.2, 0) is 13.1 Å². The maximum absolute atomic E-state index is 12.9. The van der Waals surface area contributed by atoms with Crippen LogP contribution in [0.5, 0.6) is 5.75 Å². The average molecular weight is 328 g/mol. The van der Waals surface area contributed by atoms with Gasteiger partial charge >= 0.3 is 0 Å². The molecule has 0 N–H and O–H groups in total. The first-order valence-electron chi connectivity index (χ1n) is 8.24. The first-order valence-corrected chi connectivity index (χ1v) is 8.24. The second-order valence-corrected chi connectivity index (χ2v) is 6.47. The van der Waals surface area contributed by atoms with Crippen LogP contribution < -0.4 is 4.74 Å². The molecule has 1 aliphatic heterocycles. The van der Waals surface area contributed by atoms with Crippen molar-refractivity contribution in [3.05, 3.63) is 47.8 Å². The molecule has 0 fully saturated rings. The third-order valence-corrected chi connectivity index (χ3v) is 4.22. The minimum atomic E-state index is -0.0496. The van der Waals surface area contributed by atoms with E-state index >= 15 is 0 Å². The van der Waals surface area contributed by atoms with Crippen LogP contribution in [0, 0.1) is 0 Å². The highest BCUT2D eigenvalue weighted by Crippen LogP contribution is 2.25. The zero-order chi connectivity index (χ0) is 17.1. The lowest BCUT2D eigenvalue weighted by Gasteiger charge is -2.25. The Morgan fingerprint density at radius 2 is 2.12 bits per heavy atom. The molecule has 0 bridgehead atoms. The first-order chi connectivity index (χ1) is 11.5. The molecule has 0 saturated carbocycles. The molecule has 2 heterocycles. The number of rotatable bonds is 4. The number of hydrogen-bond acceptors (Lipinski definition) is 4. The maximum atomic E-state index is 12.9. The van der Waals surface area contributed by atoms with E-state index in [0.29, 0.717) is 18.8 Å². The molecule has 128 valence electrons. The van der Waals surface area contributed by atoms with Gasteiger partial charge in [-0.05, 0) is 33.2 Å². The van der Waals surface area contributed by atoms with Crippen molar-refractivity contribution < 1.29 is 9.53 Å². The summed E-state index contributed by atoms with van der Waals surface area (Å²) >= 11 is 0. The van der Waals surface area contributed by atoms with Crippen molar-refractivity contribution in [1.82, 2.24) is 19.6 Å². The molecule has 3 rings (SSSR count). The van der Waals surface area contributed by atoms with Crippen LogP contribution in [-0.4, -0.2) is 58.8 Å². The minimum Gasteiger partial charge on any atom is -0.491 e. The molecule has 1 aliphatic rings. The number of likely N-dealkylation sites (N-methyl/N-ethyl adjacent to an activating group) is 1. The number of aromatic nitrogens is 2. The molecular formula is C18H24N4O2. The van der Waals surface area contributed by atoms with Gasteiger partial charge in [-0.15, -0.1) is 0 Å². The monoisotopic (exact) mass is 328 g/mol. The Kier molecular flexibility index (Phi) is 4.85. The number of nitrogens with zero attached hydrogens (tertiary/aromatic N) is 4. The van der Waals surface area contributed by atoms with Gasteiger partial charge < -0.3 is 14.5 Å².